The van der Waals surface area contributed by atoms with Gasteiger partial charge in [-0.25, -0.2) is 17.2 Å². The maximum atomic E-state index is 13.6. The third-order valence-electron chi connectivity index (χ3n) is 2.66. The number of rotatable bonds is 0. The van der Waals surface area contributed by atoms with Crippen molar-refractivity contribution < 1.29 is 56.1 Å². The van der Waals surface area contributed by atoms with Crippen molar-refractivity contribution >= 4 is 10.1 Å². The molecule has 0 unspecified atom stereocenters. The molecule has 10 heteroatoms. The smallest absolute Gasteiger partial charge is 0.485 e. The zero-order valence-electron chi connectivity index (χ0n) is 10.9. The van der Waals surface area contributed by atoms with Gasteiger partial charge in [-0.05, 0) is 24.3 Å². The lowest BCUT2D eigenvalue weighted by atomic mass is 10.0. The molecule has 0 bridgehead atoms. The van der Waals surface area contributed by atoms with Crippen molar-refractivity contribution in [3.8, 4) is 11.1 Å². The average molecular weight is 464 g/mol. The van der Waals surface area contributed by atoms with E-state index in [1.54, 1.807) is 12.1 Å². The first-order chi connectivity index (χ1) is 10.5. The SMILES string of the molecule is Fc1cccc2c1-c1c(F)cccc1[I+]2.O=S(=O)([O-])C(F)(F)F. The van der Waals surface area contributed by atoms with Gasteiger partial charge in [-0.15, -0.1) is 0 Å². The fourth-order valence-electron chi connectivity index (χ4n) is 1.74. The van der Waals surface area contributed by atoms with Gasteiger partial charge in [0.15, 0.2) is 10.1 Å². The third-order valence-corrected chi connectivity index (χ3v) is 6.19. The summed E-state index contributed by atoms with van der Waals surface area (Å²) in [5.41, 5.74) is -4.68. The zero-order valence-corrected chi connectivity index (χ0v) is 13.8. The summed E-state index contributed by atoms with van der Waals surface area (Å²) in [5.74, 6) is -0.618. The maximum Gasteiger partial charge on any atom is 0.485 e. The summed E-state index contributed by atoms with van der Waals surface area (Å²) in [6.45, 7) is 0. The van der Waals surface area contributed by atoms with E-state index in [0.29, 0.717) is 11.1 Å². The van der Waals surface area contributed by atoms with Crippen LogP contribution in [0.2, 0.25) is 0 Å². The molecule has 0 amide bonds. The minimum Gasteiger partial charge on any atom is -0.741 e. The summed E-state index contributed by atoms with van der Waals surface area (Å²) < 4.78 is 88.1. The molecule has 0 atom stereocenters. The fraction of sp³-hybridized carbons (Fsp3) is 0.0769. The van der Waals surface area contributed by atoms with Crippen molar-refractivity contribution in [2.24, 2.45) is 0 Å². The second-order valence-electron chi connectivity index (χ2n) is 4.19. The summed E-state index contributed by atoms with van der Waals surface area (Å²) in [7, 11) is -6.09. The lowest BCUT2D eigenvalue weighted by molar-refractivity contribution is -0.590. The van der Waals surface area contributed by atoms with Crippen molar-refractivity contribution in [1.82, 2.24) is 0 Å². The Morgan fingerprint density at radius 3 is 1.52 bits per heavy atom. The molecular weight excluding hydrogens is 458 g/mol. The van der Waals surface area contributed by atoms with E-state index in [-0.39, 0.29) is 11.6 Å². The Labute approximate surface area is 138 Å². The van der Waals surface area contributed by atoms with Gasteiger partial charge in [0.1, 0.15) is 11.6 Å². The lowest BCUT2D eigenvalue weighted by Gasteiger charge is -2.08. The second kappa shape index (κ2) is 6.32. The van der Waals surface area contributed by atoms with Crippen molar-refractivity contribution in [1.29, 1.82) is 0 Å². The van der Waals surface area contributed by atoms with Gasteiger partial charge in [-0.2, -0.15) is 13.2 Å². The summed E-state index contributed by atoms with van der Waals surface area (Å²) in [4.78, 5) is 0. The molecule has 23 heavy (non-hydrogen) atoms. The van der Waals surface area contributed by atoms with Crippen molar-refractivity contribution in [2.45, 2.75) is 5.51 Å². The van der Waals surface area contributed by atoms with Crippen LogP contribution in [0.4, 0.5) is 22.0 Å². The molecule has 1 heterocycles. The molecule has 0 N–H and O–H groups in total. The van der Waals surface area contributed by atoms with Crippen molar-refractivity contribution in [3.05, 3.63) is 55.2 Å². The van der Waals surface area contributed by atoms with Gasteiger partial charge in [0, 0.05) is 0 Å². The fourth-order valence-corrected chi connectivity index (χ4v) is 4.74. The topological polar surface area (TPSA) is 57.2 Å². The van der Waals surface area contributed by atoms with Crippen LogP contribution < -0.4 is 21.2 Å². The van der Waals surface area contributed by atoms with Gasteiger partial charge >= 0.3 is 26.7 Å². The Morgan fingerprint density at radius 1 is 0.870 bits per heavy atom. The number of hydrogen-bond donors (Lipinski definition) is 0. The Hall–Kier alpha value is -1.27. The minimum atomic E-state index is -6.09. The van der Waals surface area contributed by atoms with E-state index >= 15 is 0 Å². The first kappa shape index (κ1) is 18.1. The maximum absolute atomic E-state index is 13.6. The van der Waals surface area contributed by atoms with Crippen molar-refractivity contribution in [3.63, 3.8) is 0 Å². The molecule has 1 aliphatic rings. The van der Waals surface area contributed by atoms with Crippen LogP contribution in [0.25, 0.3) is 11.1 Å². The normalized spacial score (nSPS) is 13.0. The van der Waals surface area contributed by atoms with E-state index in [0.717, 1.165) is 7.14 Å². The van der Waals surface area contributed by atoms with Crippen LogP contribution in [0.1, 0.15) is 0 Å². The molecule has 0 saturated heterocycles. The van der Waals surface area contributed by atoms with Crippen LogP contribution >= 0.6 is 0 Å². The highest BCUT2D eigenvalue weighted by atomic mass is 127. The van der Waals surface area contributed by atoms with Crippen molar-refractivity contribution in [2.75, 3.05) is 0 Å². The molecule has 3 rings (SSSR count). The van der Waals surface area contributed by atoms with Gasteiger partial charge in [-0.3, -0.25) is 0 Å². The molecule has 0 radical (unpaired) electrons. The largest absolute Gasteiger partial charge is 0.741 e. The highest BCUT2D eigenvalue weighted by molar-refractivity contribution is 7.86. The van der Waals surface area contributed by atoms with Gasteiger partial charge in [0.25, 0.3) is 0 Å². The van der Waals surface area contributed by atoms with Crippen LogP contribution in [0.5, 0.6) is 0 Å². The van der Waals surface area contributed by atoms with Crippen LogP contribution in [-0.2, 0) is 10.1 Å². The zero-order chi connectivity index (χ0) is 17.4. The molecular formula is C13H6F5IO3S. The van der Waals surface area contributed by atoms with Crippen LogP contribution in [-0.4, -0.2) is 18.5 Å². The molecule has 3 nitrogen and oxygen atoms in total. The Balaban J connectivity index is 0.000000207. The van der Waals surface area contributed by atoms with Crippen LogP contribution in [0, 0.1) is 18.8 Å². The summed E-state index contributed by atoms with van der Waals surface area (Å²) >= 11 is -0.411. The average Bonchev–Trinajstić information content (AvgIpc) is 2.78. The number of fused-ring (bicyclic) bond motifs is 3. The molecule has 0 spiro atoms. The molecule has 2 aromatic carbocycles. The molecule has 124 valence electrons. The quantitative estimate of drug-likeness (QED) is 0.206. The number of benzene rings is 2. The number of alkyl halides is 3. The molecule has 0 fully saturated rings. The van der Waals surface area contributed by atoms with E-state index in [1.165, 1.54) is 12.1 Å². The highest BCUT2D eigenvalue weighted by Gasteiger charge is 2.38. The molecule has 0 aliphatic carbocycles. The van der Waals surface area contributed by atoms with E-state index in [2.05, 4.69) is 0 Å². The third kappa shape index (κ3) is 3.80. The Morgan fingerprint density at radius 2 is 1.22 bits per heavy atom. The van der Waals surface area contributed by atoms with E-state index in [9.17, 15) is 22.0 Å². The highest BCUT2D eigenvalue weighted by Crippen LogP contribution is 2.27. The van der Waals surface area contributed by atoms with E-state index < -0.39 is 36.8 Å². The van der Waals surface area contributed by atoms with Gasteiger partial charge < -0.3 is 4.55 Å². The standard InChI is InChI=1S/C12H6F2I.CHF3O3S/c13-7-3-1-5-9-11(7)12-8(14)4-2-6-10(12)15-9;2-1(3,4)8(5,6)7/h1-6H;(H,5,6,7)/q+1;/p-1. The predicted octanol–water partition coefficient (Wildman–Crippen LogP) is 0.125. The minimum absolute atomic E-state index is 0.309. The second-order valence-corrected chi connectivity index (χ2v) is 8.42. The van der Waals surface area contributed by atoms with E-state index in [4.69, 9.17) is 13.0 Å². The lowest BCUT2D eigenvalue weighted by Crippen LogP contribution is -3.61. The summed E-state index contributed by atoms with van der Waals surface area (Å²) in [6, 6.07) is 9.96. The van der Waals surface area contributed by atoms with Crippen LogP contribution in [0.15, 0.2) is 36.4 Å². The first-order valence-electron chi connectivity index (χ1n) is 5.77. The molecule has 2 aromatic rings. The summed E-state index contributed by atoms with van der Waals surface area (Å²) in [6.07, 6.45) is 0. The van der Waals surface area contributed by atoms with Crippen LogP contribution in [0.3, 0.4) is 0 Å². The molecule has 0 saturated carbocycles. The first-order valence-corrected chi connectivity index (χ1v) is 9.33. The Kier molecular flexibility index (Phi) is 4.97. The monoisotopic (exact) mass is 464 g/mol. The molecule has 1 aliphatic heterocycles. The summed E-state index contributed by atoms with van der Waals surface area (Å²) in [5, 5.41) is 0. The van der Waals surface area contributed by atoms with Gasteiger partial charge in [0.05, 0.1) is 11.1 Å². The predicted molar refractivity (Wildman–Crippen MR) is 64.9 cm³/mol. The van der Waals surface area contributed by atoms with E-state index in [1.807, 2.05) is 12.1 Å². The van der Waals surface area contributed by atoms with Gasteiger partial charge in [-0.1, -0.05) is 12.1 Å². The number of hydrogen-bond acceptors (Lipinski definition) is 3. The Bertz CT molecular complexity index is 800. The van der Waals surface area contributed by atoms with Gasteiger partial charge in [0.2, 0.25) is 7.14 Å². The number of halogens is 6. The molecule has 0 aromatic heterocycles.